The van der Waals surface area contributed by atoms with E-state index in [0.29, 0.717) is 16.7 Å². The number of benzene rings is 1. The summed E-state index contributed by atoms with van der Waals surface area (Å²) in [5.41, 5.74) is 2.64. The molecule has 0 radical (unpaired) electrons. The minimum atomic E-state index is -0.953. The molecule has 0 bridgehead atoms. The van der Waals surface area contributed by atoms with Crippen LogP contribution in [-0.4, -0.2) is 25.8 Å². The predicted molar refractivity (Wildman–Crippen MR) is 79.9 cm³/mol. The molecule has 21 heavy (non-hydrogen) atoms. The first-order valence-corrected chi connectivity index (χ1v) is 6.45. The number of pyridine rings is 1. The van der Waals surface area contributed by atoms with Crippen LogP contribution in [0.3, 0.4) is 0 Å². The lowest BCUT2D eigenvalue weighted by atomic mass is 10.1. The highest BCUT2D eigenvalue weighted by atomic mass is 16.4. The maximum Gasteiger partial charge on any atom is 0.336 e. The summed E-state index contributed by atoms with van der Waals surface area (Å²) < 4.78 is 1.72. The zero-order valence-corrected chi connectivity index (χ0v) is 11.7. The van der Waals surface area contributed by atoms with Crippen molar-refractivity contribution in [1.82, 2.24) is 14.8 Å². The summed E-state index contributed by atoms with van der Waals surface area (Å²) in [6.07, 6.45) is 1.87. The highest BCUT2D eigenvalue weighted by molar-refractivity contribution is 6.02. The van der Waals surface area contributed by atoms with Crippen LogP contribution in [0.4, 0.5) is 11.5 Å². The zero-order chi connectivity index (χ0) is 15.0. The van der Waals surface area contributed by atoms with Crippen LogP contribution in [0.1, 0.15) is 16.1 Å². The lowest BCUT2D eigenvalue weighted by Crippen LogP contribution is -1.99. The number of carboxylic acids is 1. The van der Waals surface area contributed by atoms with Gasteiger partial charge in [0.2, 0.25) is 0 Å². The molecule has 0 atom stereocenters. The van der Waals surface area contributed by atoms with Crippen LogP contribution < -0.4 is 5.32 Å². The topological polar surface area (TPSA) is 80.0 Å². The number of fused-ring (bicyclic) bond motifs is 1. The third kappa shape index (κ3) is 2.43. The van der Waals surface area contributed by atoms with Gasteiger partial charge in [0.15, 0.2) is 0 Å². The number of anilines is 2. The van der Waals surface area contributed by atoms with Crippen molar-refractivity contribution in [3.63, 3.8) is 0 Å². The van der Waals surface area contributed by atoms with Crippen LogP contribution >= 0.6 is 0 Å². The number of aryl methyl sites for hydroxylation is 2. The van der Waals surface area contributed by atoms with E-state index in [-0.39, 0.29) is 5.56 Å². The lowest BCUT2D eigenvalue weighted by molar-refractivity contribution is 0.0699. The van der Waals surface area contributed by atoms with Gasteiger partial charge in [0.1, 0.15) is 5.82 Å². The van der Waals surface area contributed by atoms with Crippen LogP contribution in [-0.2, 0) is 7.05 Å². The van der Waals surface area contributed by atoms with Gasteiger partial charge in [0.25, 0.3) is 0 Å². The van der Waals surface area contributed by atoms with Gasteiger partial charge in [-0.15, -0.1) is 0 Å². The number of aromatic nitrogens is 3. The number of carbonyl (C=O) groups is 1. The Morgan fingerprint density at radius 1 is 1.29 bits per heavy atom. The SMILES string of the molecule is Cc1nn(C)cc1Nc1ccc2c(C(=O)O)cccc2n1. The second kappa shape index (κ2) is 4.90. The van der Waals surface area contributed by atoms with E-state index < -0.39 is 5.97 Å². The molecular weight excluding hydrogens is 268 g/mol. The molecule has 2 heterocycles. The molecule has 6 nitrogen and oxygen atoms in total. The molecule has 3 rings (SSSR count). The number of carboxylic acid groups (broad SMARTS) is 1. The average Bonchev–Trinajstić information content (AvgIpc) is 2.75. The van der Waals surface area contributed by atoms with Gasteiger partial charge in [-0.25, -0.2) is 9.78 Å². The van der Waals surface area contributed by atoms with Gasteiger partial charge < -0.3 is 10.4 Å². The van der Waals surface area contributed by atoms with E-state index in [9.17, 15) is 9.90 Å². The fourth-order valence-electron chi connectivity index (χ4n) is 2.27. The third-order valence-electron chi connectivity index (χ3n) is 3.24. The monoisotopic (exact) mass is 282 g/mol. The van der Waals surface area contributed by atoms with E-state index in [1.807, 2.05) is 20.2 Å². The molecule has 0 aliphatic rings. The van der Waals surface area contributed by atoms with Gasteiger partial charge in [0, 0.05) is 18.6 Å². The summed E-state index contributed by atoms with van der Waals surface area (Å²) in [5, 5.41) is 17.2. The number of rotatable bonds is 3. The Morgan fingerprint density at radius 2 is 2.10 bits per heavy atom. The first-order valence-electron chi connectivity index (χ1n) is 6.45. The van der Waals surface area contributed by atoms with Crippen molar-refractivity contribution in [1.29, 1.82) is 0 Å². The molecule has 0 saturated heterocycles. The van der Waals surface area contributed by atoms with E-state index in [4.69, 9.17) is 0 Å². The van der Waals surface area contributed by atoms with Gasteiger partial charge in [-0.1, -0.05) is 6.07 Å². The first-order chi connectivity index (χ1) is 10.0. The van der Waals surface area contributed by atoms with Crippen LogP contribution in [0.5, 0.6) is 0 Å². The summed E-state index contributed by atoms with van der Waals surface area (Å²) in [4.78, 5) is 15.6. The fourth-order valence-corrected chi connectivity index (χ4v) is 2.27. The minimum absolute atomic E-state index is 0.254. The molecule has 0 unspecified atom stereocenters. The smallest absolute Gasteiger partial charge is 0.336 e. The molecule has 0 spiro atoms. The molecule has 2 aromatic heterocycles. The molecule has 0 amide bonds. The molecule has 1 aromatic carbocycles. The maximum atomic E-state index is 11.2. The van der Waals surface area contributed by atoms with E-state index in [1.54, 1.807) is 35.0 Å². The van der Waals surface area contributed by atoms with Gasteiger partial charge in [-0.2, -0.15) is 5.10 Å². The molecule has 0 fully saturated rings. The Bertz CT molecular complexity index is 839. The quantitative estimate of drug-likeness (QED) is 0.772. The van der Waals surface area contributed by atoms with E-state index in [2.05, 4.69) is 15.4 Å². The van der Waals surface area contributed by atoms with Crippen molar-refractivity contribution in [2.75, 3.05) is 5.32 Å². The Hall–Kier alpha value is -2.89. The Labute approximate surface area is 121 Å². The average molecular weight is 282 g/mol. The second-order valence-corrected chi connectivity index (χ2v) is 4.80. The minimum Gasteiger partial charge on any atom is -0.478 e. The summed E-state index contributed by atoms with van der Waals surface area (Å²) in [6.45, 7) is 1.91. The maximum absolute atomic E-state index is 11.2. The predicted octanol–water partition coefficient (Wildman–Crippen LogP) is 2.72. The number of nitrogens with zero attached hydrogens (tertiary/aromatic N) is 3. The second-order valence-electron chi connectivity index (χ2n) is 4.80. The molecule has 2 N–H and O–H groups in total. The first kappa shape index (κ1) is 13.1. The van der Waals surface area contributed by atoms with Crippen molar-refractivity contribution in [2.45, 2.75) is 6.92 Å². The standard InChI is InChI=1S/C15H14N4O2/c1-9-13(8-19(2)18-9)17-14-7-6-10-11(15(20)21)4-3-5-12(10)16-14/h3-8H,1-2H3,(H,16,17)(H,20,21). The number of nitrogens with one attached hydrogen (secondary N) is 1. The lowest BCUT2D eigenvalue weighted by Gasteiger charge is -2.07. The number of aromatic carboxylic acids is 1. The molecule has 0 saturated carbocycles. The van der Waals surface area contributed by atoms with Crippen LogP contribution in [0, 0.1) is 6.92 Å². The Balaban J connectivity index is 2.02. The van der Waals surface area contributed by atoms with Crippen LogP contribution in [0.15, 0.2) is 36.5 Å². The molecule has 0 aliphatic heterocycles. The van der Waals surface area contributed by atoms with Crippen LogP contribution in [0.25, 0.3) is 10.9 Å². The van der Waals surface area contributed by atoms with Crippen molar-refractivity contribution in [3.05, 3.63) is 47.8 Å². The molecule has 0 aliphatic carbocycles. The molecule has 106 valence electrons. The number of hydrogen-bond donors (Lipinski definition) is 2. The van der Waals surface area contributed by atoms with Gasteiger partial charge in [-0.3, -0.25) is 4.68 Å². The van der Waals surface area contributed by atoms with Crippen molar-refractivity contribution >= 4 is 28.4 Å². The number of hydrogen-bond acceptors (Lipinski definition) is 4. The summed E-state index contributed by atoms with van der Waals surface area (Å²) in [5.74, 6) is -0.299. The molecule has 3 aromatic rings. The highest BCUT2D eigenvalue weighted by Crippen LogP contribution is 2.22. The Morgan fingerprint density at radius 3 is 2.76 bits per heavy atom. The summed E-state index contributed by atoms with van der Waals surface area (Å²) in [7, 11) is 1.85. The summed E-state index contributed by atoms with van der Waals surface area (Å²) >= 11 is 0. The van der Waals surface area contributed by atoms with Gasteiger partial charge in [-0.05, 0) is 31.2 Å². The van der Waals surface area contributed by atoms with E-state index in [1.165, 1.54) is 0 Å². The van der Waals surface area contributed by atoms with Crippen LogP contribution in [0.2, 0.25) is 0 Å². The van der Waals surface area contributed by atoms with Gasteiger partial charge in [0.05, 0.1) is 22.5 Å². The summed E-state index contributed by atoms with van der Waals surface area (Å²) in [6, 6.07) is 8.59. The van der Waals surface area contributed by atoms with Crippen molar-refractivity contribution in [2.24, 2.45) is 7.05 Å². The Kier molecular flexibility index (Phi) is 3.06. The molecular formula is C15H14N4O2. The zero-order valence-electron chi connectivity index (χ0n) is 11.7. The highest BCUT2D eigenvalue weighted by Gasteiger charge is 2.10. The fraction of sp³-hybridized carbons (Fsp3) is 0.133. The van der Waals surface area contributed by atoms with E-state index in [0.717, 1.165) is 11.4 Å². The largest absolute Gasteiger partial charge is 0.478 e. The molecule has 6 heteroatoms. The third-order valence-corrected chi connectivity index (χ3v) is 3.24. The van der Waals surface area contributed by atoms with Gasteiger partial charge >= 0.3 is 5.97 Å². The van der Waals surface area contributed by atoms with E-state index >= 15 is 0 Å². The van der Waals surface area contributed by atoms with Crippen molar-refractivity contribution in [3.8, 4) is 0 Å². The van der Waals surface area contributed by atoms with Crippen molar-refractivity contribution < 1.29 is 9.90 Å². The normalized spacial score (nSPS) is 10.8.